The van der Waals surface area contributed by atoms with E-state index < -0.39 is 0 Å². The molecule has 0 bridgehead atoms. The van der Waals surface area contributed by atoms with E-state index in [4.69, 9.17) is 0 Å². The van der Waals surface area contributed by atoms with Gasteiger partial charge >= 0.3 is 0 Å². The highest BCUT2D eigenvalue weighted by Crippen LogP contribution is 2.36. The van der Waals surface area contributed by atoms with Crippen LogP contribution in [0.3, 0.4) is 0 Å². The predicted octanol–water partition coefficient (Wildman–Crippen LogP) is 8.43. The van der Waals surface area contributed by atoms with Gasteiger partial charge in [-0.25, -0.2) is 0 Å². The summed E-state index contributed by atoms with van der Waals surface area (Å²) in [5, 5.41) is 0. The van der Waals surface area contributed by atoms with E-state index in [1.165, 1.54) is 16.7 Å². The molecule has 0 unspecified atom stereocenters. The van der Waals surface area contributed by atoms with E-state index in [9.17, 15) is 0 Å². The molecule has 0 saturated heterocycles. The number of allylic oxidation sites excluding steroid dienone is 7. The molecule has 0 fully saturated rings. The van der Waals surface area contributed by atoms with Crippen molar-refractivity contribution < 1.29 is 0 Å². The Balaban J connectivity index is 2.75. The van der Waals surface area contributed by atoms with Crippen LogP contribution in [-0.4, -0.2) is 6.21 Å². The van der Waals surface area contributed by atoms with Gasteiger partial charge in [0, 0.05) is 12.4 Å². The predicted molar refractivity (Wildman–Crippen MR) is 138 cm³/mol. The van der Waals surface area contributed by atoms with Gasteiger partial charge in [-0.05, 0) is 64.8 Å². The maximum atomic E-state index is 4.45. The van der Waals surface area contributed by atoms with E-state index in [2.05, 4.69) is 87.1 Å². The molecule has 0 N–H and O–H groups in total. The molecule has 0 aliphatic heterocycles. The first-order valence-electron chi connectivity index (χ1n) is 10.7. The number of aliphatic imine (C=N–C) groups is 1. The van der Waals surface area contributed by atoms with Crippen molar-refractivity contribution >= 4 is 11.8 Å². The molecule has 0 amide bonds. The van der Waals surface area contributed by atoms with Gasteiger partial charge in [0.05, 0.1) is 0 Å². The maximum Gasteiger partial charge on any atom is 0.0336 e. The fourth-order valence-electron chi connectivity index (χ4n) is 3.49. The Hall–Kier alpha value is -3.45. The quantitative estimate of drug-likeness (QED) is 0.277. The summed E-state index contributed by atoms with van der Waals surface area (Å²) in [4.78, 5) is 4.20. The van der Waals surface area contributed by atoms with Gasteiger partial charge in [-0.1, -0.05) is 106 Å². The van der Waals surface area contributed by atoms with Crippen molar-refractivity contribution in [3.05, 3.63) is 138 Å². The molecule has 0 heterocycles. The molecule has 0 aromatic heterocycles. The van der Waals surface area contributed by atoms with Crippen molar-refractivity contribution in [1.82, 2.24) is 0 Å². The van der Waals surface area contributed by atoms with Crippen molar-refractivity contribution in [2.45, 2.75) is 33.6 Å². The molecule has 158 valence electrons. The summed E-state index contributed by atoms with van der Waals surface area (Å²) < 4.78 is 0. The average molecular weight is 408 g/mol. The first-order chi connectivity index (χ1) is 15.0. The van der Waals surface area contributed by atoms with E-state index in [0.29, 0.717) is 0 Å². The Kier molecular flexibility index (Phi) is 9.45. The maximum absolute atomic E-state index is 4.45. The van der Waals surface area contributed by atoms with E-state index >= 15 is 0 Å². The summed E-state index contributed by atoms with van der Waals surface area (Å²) in [6, 6.07) is 19.0. The fraction of sp³-hybridized carbons (Fsp3) is 0.167. The van der Waals surface area contributed by atoms with Crippen LogP contribution in [0.1, 0.15) is 43.4 Å². The number of rotatable bonds is 10. The van der Waals surface area contributed by atoms with E-state index in [0.717, 1.165) is 40.7 Å². The van der Waals surface area contributed by atoms with Gasteiger partial charge in [-0.15, -0.1) is 0 Å². The summed E-state index contributed by atoms with van der Waals surface area (Å²) in [6.07, 6.45) is 11.3. The van der Waals surface area contributed by atoms with E-state index in [1.54, 1.807) is 18.5 Å². The molecule has 31 heavy (non-hydrogen) atoms. The monoisotopic (exact) mass is 407 g/mol. The molecule has 0 atom stereocenters. The topological polar surface area (TPSA) is 12.4 Å². The third kappa shape index (κ3) is 6.52. The Morgan fingerprint density at radius 2 is 1.65 bits per heavy atom. The summed E-state index contributed by atoms with van der Waals surface area (Å²) in [5.74, 6) is 0. The number of nitrogens with zero attached hydrogens (tertiary/aromatic N) is 1. The minimum absolute atomic E-state index is 0.911. The highest BCUT2D eigenvalue weighted by atomic mass is 14.7. The summed E-state index contributed by atoms with van der Waals surface area (Å²) in [6.45, 7) is 19.0. The lowest BCUT2D eigenvalue weighted by Gasteiger charge is -2.20. The van der Waals surface area contributed by atoms with Gasteiger partial charge in [-0.3, -0.25) is 4.99 Å². The number of hydrogen-bond donors (Lipinski definition) is 0. The van der Waals surface area contributed by atoms with Gasteiger partial charge in [-0.2, -0.15) is 0 Å². The van der Waals surface area contributed by atoms with Crippen molar-refractivity contribution in [1.29, 1.82) is 0 Å². The van der Waals surface area contributed by atoms with Crippen molar-refractivity contribution in [2.24, 2.45) is 4.99 Å². The zero-order valence-electron chi connectivity index (χ0n) is 19.1. The number of hydrogen-bond acceptors (Lipinski definition) is 1. The Bertz CT molecular complexity index is 1040. The van der Waals surface area contributed by atoms with Crippen LogP contribution in [0.4, 0.5) is 0 Å². The van der Waals surface area contributed by atoms with Crippen LogP contribution in [0.25, 0.3) is 5.57 Å². The molecule has 0 aliphatic rings. The van der Waals surface area contributed by atoms with Crippen LogP contribution in [0.2, 0.25) is 0 Å². The Labute approximate surface area is 188 Å². The highest BCUT2D eigenvalue weighted by molar-refractivity contribution is 5.89. The van der Waals surface area contributed by atoms with Crippen molar-refractivity contribution in [2.75, 3.05) is 0 Å². The van der Waals surface area contributed by atoms with E-state index in [-0.39, 0.29) is 0 Å². The second-order valence-electron chi connectivity index (χ2n) is 7.38. The summed E-state index contributed by atoms with van der Waals surface area (Å²) >= 11 is 0. The van der Waals surface area contributed by atoms with Crippen LogP contribution in [0, 0.1) is 6.92 Å². The second-order valence-corrected chi connectivity index (χ2v) is 7.38. The molecule has 2 aromatic carbocycles. The average Bonchev–Trinajstić information content (AvgIpc) is 2.78. The molecule has 0 saturated carbocycles. The van der Waals surface area contributed by atoms with Gasteiger partial charge < -0.3 is 0 Å². The molecule has 1 nitrogen and oxygen atoms in total. The molecule has 2 aromatic rings. The van der Waals surface area contributed by atoms with Crippen LogP contribution in [-0.2, 0) is 0 Å². The van der Waals surface area contributed by atoms with Crippen molar-refractivity contribution in [3.63, 3.8) is 0 Å². The highest BCUT2D eigenvalue weighted by Gasteiger charge is 2.17. The lowest BCUT2D eigenvalue weighted by Crippen LogP contribution is -2.01. The minimum atomic E-state index is 0.911. The Morgan fingerprint density at radius 3 is 2.26 bits per heavy atom. The lowest BCUT2D eigenvalue weighted by atomic mass is 9.83. The smallest absolute Gasteiger partial charge is 0.0336 e. The molecular weight excluding hydrogens is 374 g/mol. The van der Waals surface area contributed by atoms with Crippen LogP contribution in [0.5, 0.6) is 0 Å². The zero-order valence-corrected chi connectivity index (χ0v) is 19.1. The standard InChI is InChI=1S/C30H33N/c1-7-15-24(5)29(25(6)20-21-26(8-2)22-31-9-3)30(27-17-11-10-12-18-27)28-19-14-13-16-23(28)4/h8-14,16-22H,2,5-7,15H2,1,3-4H3/b21-20+,26-22+,30-29+,31-9?. The third-order valence-corrected chi connectivity index (χ3v) is 5.04. The third-order valence-electron chi connectivity index (χ3n) is 5.04. The molecule has 0 radical (unpaired) electrons. The first-order valence-corrected chi connectivity index (χ1v) is 10.7. The van der Waals surface area contributed by atoms with Crippen LogP contribution >= 0.6 is 0 Å². The van der Waals surface area contributed by atoms with Gasteiger partial charge in [0.15, 0.2) is 0 Å². The largest absolute Gasteiger partial charge is 0.269 e. The molecule has 1 heteroatoms. The molecule has 0 spiro atoms. The molecule has 0 aliphatic carbocycles. The van der Waals surface area contributed by atoms with E-state index in [1.807, 2.05) is 25.1 Å². The summed E-state index contributed by atoms with van der Waals surface area (Å²) in [5.41, 5.74) is 8.80. The van der Waals surface area contributed by atoms with Gasteiger partial charge in [0.25, 0.3) is 0 Å². The number of aryl methyl sites for hydroxylation is 1. The summed E-state index contributed by atoms with van der Waals surface area (Å²) in [7, 11) is 0. The van der Waals surface area contributed by atoms with Crippen LogP contribution in [0.15, 0.2) is 126 Å². The van der Waals surface area contributed by atoms with Gasteiger partial charge in [0.1, 0.15) is 0 Å². The van der Waals surface area contributed by atoms with Gasteiger partial charge in [0.2, 0.25) is 0 Å². The SMILES string of the molecule is C=CC(/C=C/C(=C)/C(C(=C)CCC)=C(\c1ccccc1)c1ccccc1C)=C\N=CC. The molecule has 2 rings (SSSR count). The normalized spacial score (nSPS) is 12.8. The number of benzene rings is 2. The molecular formula is C30H33N. The fourth-order valence-corrected chi connectivity index (χ4v) is 3.49. The second kappa shape index (κ2) is 12.3. The zero-order chi connectivity index (χ0) is 22.6. The first kappa shape index (κ1) is 23.8. The minimum Gasteiger partial charge on any atom is -0.269 e. The Morgan fingerprint density at radius 1 is 0.968 bits per heavy atom. The lowest BCUT2D eigenvalue weighted by molar-refractivity contribution is 0.919. The van der Waals surface area contributed by atoms with Crippen LogP contribution < -0.4 is 0 Å². The van der Waals surface area contributed by atoms with Crippen molar-refractivity contribution in [3.8, 4) is 0 Å².